The summed E-state index contributed by atoms with van der Waals surface area (Å²) in [7, 11) is 0. The molecule has 3 N–H and O–H groups in total. The summed E-state index contributed by atoms with van der Waals surface area (Å²) in [6.07, 6.45) is 1.73. The first-order chi connectivity index (χ1) is 10.9. The minimum atomic E-state index is -0.215. The molecule has 0 aromatic heterocycles. The van der Waals surface area contributed by atoms with Crippen molar-refractivity contribution in [3.05, 3.63) is 23.8 Å². The third kappa shape index (κ3) is 4.71. The van der Waals surface area contributed by atoms with E-state index in [2.05, 4.69) is 43.6 Å². The first kappa shape index (κ1) is 17.3. The summed E-state index contributed by atoms with van der Waals surface area (Å²) in [6, 6.07) is 5.17. The van der Waals surface area contributed by atoms with Crippen molar-refractivity contribution in [1.29, 1.82) is 0 Å². The van der Waals surface area contributed by atoms with E-state index in [4.69, 9.17) is 0 Å². The van der Waals surface area contributed by atoms with Gasteiger partial charge in [-0.1, -0.05) is 27.7 Å². The van der Waals surface area contributed by atoms with Gasteiger partial charge in [-0.2, -0.15) is 0 Å². The molecule has 0 spiro atoms. The molecule has 5 heteroatoms. The molecule has 2 amide bonds. The number of amides is 2. The molecule has 0 radical (unpaired) electrons. The Morgan fingerprint density at radius 2 is 1.91 bits per heavy atom. The number of benzene rings is 1. The van der Waals surface area contributed by atoms with Crippen molar-refractivity contribution in [3.8, 4) is 0 Å². The molecule has 1 aromatic carbocycles. The van der Waals surface area contributed by atoms with Crippen LogP contribution < -0.4 is 16.0 Å². The van der Waals surface area contributed by atoms with Gasteiger partial charge in [-0.3, -0.25) is 9.59 Å². The molecule has 1 aromatic rings. The van der Waals surface area contributed by atoms with Gasteiger partial charge >= 0.3 is 0 Å². The summed E-state index contributed by atoms with van der Waals surface area (Å²) in [5.41, 5.74) is 2.11. The number of rotatable bonds is 6. The Morgan fingerprint density at radius 3 is 2.57 bits per heavy atom. The topological polar surface area (TPSA) is 70.2 Å². The van der Waals surface area contributed by atoms with Crippen molar-refractivity contribution in [2.75, 3.05) is 17.2 Å². The predicted molar refractivity (Wildman–Crippen MR) is 93.7 cm³/mol. The molecule has 0 saturated heterocycles. The lowest BCUT2D eigenvalue weighted by molar-refractivity contribution is -0.117. The lowest BCUT2D eigenvalue weighted by Crippen LogP contribution is -2.39. The van der Waals surface area contributed by atoms with Crippen LogP contribution in [0.4, 0.5) is 11.4 Å². The molecule has 0 unspecified atom stereocenters. The van der Waals surface area contributed by atoms with Crippen LogP contribution in [0.1, 0.15) is 50.9 Å². The molecular formula is C18H27N3O2. The van der Waals surface area contributed by atoms with E-state index in [1.807, 2.05) is 6.07 Å². The van der Waals surface area contributed by atoms with Crippen molar-refractivity contribution in [3.63, 3.8) is 0 Å². The lowest BCUT2D eigenvalue weighted by atomic mass is 10.00. The second-order valence-electron chi connectivity index (χ2n) is 7.01. The van der Waals surface area contributed by atoms with Gasteiger partial charge in [-0.15, -0.1) is 0 Å². The fourth-order valence-corrected chi connectivity index (χ4v) is 2.60. The van der Waals surface area contributed by atoms with Gasteiger partial charge in [0.15, 0.2) is 0 Å². The van der Waals surface area contributed by atoms with Gasteiger partial charge in [-0.25, -0.2) is 0 Å². The SMILES string of the molecule is CC(C)CCNC(=O)c1ccc2c(c1)NC(=O)[C@H](CC(C)C)N2. The van der Waals surface area contributed by atoms with Gasteiger partial charge < -0.3 is 16.0 Å². The van der Waals surface area contributed by atoms with Crippen LogP contribution in [0, 0.1) is 11.8 Å². The van der Waals surface area contributed by atoms with E-state index in [0.717, 1.165) is 18.5 Å². The van der Waals surface area contributed by atoms with E-state index in [0.29, 0.717) is 29.6 Å². The molecule has 1 heterocycles. The predicted octanol–water partition coefficient (Wildman–Crippen LogP) is 3.24. The van der Waals surface area contributed by atoms with Gasteiger partial charge in [0, 0.05) is 12.1 Å². The van der Waals surface area contributed by atoms with Crippen LogP contribution in [-0.2, 0) is 4.79 Å². The molecule has 5 nitrogen and oxygen atoms in total. The fourth-order valence-electron chi connectivity index (χ4n) is 2.60. The summed E-state index contributed by atoms with van der Waals surface area (Å²) < 4.78 is 0. The molecule has 1 atom stereocenters. The van der Waals surface area contributed by atoms with Gasteiger partial charge in [0.25, 0.3) is 5.91 Å². The average Bonchev–Trinajstić information content (AvgIpc) is 2.46. The quantitative estimate of drug-likeness (QED) is 0.754. The maximum Gasteiger partial charge on any atom is 0.251 e. The Hall–Kier alpha value is -2.04. The van der Waals surface area contributed by atoms with Gasteiger partial charge in [0.2, 0.25) is 5.91 Å². The van der Waals surface area contributed by atoms with Crippen LogP contribution in [0.15, 0.2) is 18.2 Å². The average molecular weight is 317 g/mol. The van der Waals surface area contributed by atoms with E-state index < -0.39 is 0 Å². The normalized spacial score (nSPS) is 16.8. The lowest BCUT2D eigenvalue weighted by Gasteiger charge is -2.28. The molecule has 0 bridgehead atoms. The summed E-state index contributed by atoms with van der Waals surface area (Å²) in [5, 5.41) is 9.07. The van der Waals surface area contributed by atoms with Crippen LogP contribution in [0.25, 0.3) is 0 Å². The van der Waals surface area contributed by atoms with E-state index >= 15 is 0 Å². The minimum absolute atomic E-state index is 0.0384. The van der Waals surface area contributed by atoms with Crippen molar-refractivity contribution in [1.82, 2.24) is 5.32 Å². The third-order valence-electron chi connectivity index (χ3n) is 3.90. The fraction of sp³-hybridized carbons (Fsp3) is 0.556. The van der Waals surface area contributed by atoms with Crippen molar-refractivity contribution >= 4 is 23.2 Å². The Labute approximate surface area is 138 Å². The largest absolute Gasteiger partial charge is 0.372 e. The van der Waals surface area contributed by atoms with Crippen LogP contribution >= 0.6 is 0 Å². The summed E-state index contributed by atoms with van der Waals surface area (Å²) in [6.45, 7) is 9.10. The molecule has 0 fully saturated rings. The number of carbonyl (C=O) groups excluding carboxylic acids is 2. The number of nitrogens with one attached hydrogen (secondary N) is 3. The highest BCUT2D eigenvalue weighted by molar-refractivity contribution is 6.05. The zero-order valence-corrected chi connectivity index (χ0v) is 14.4. The highest BCUT2D eigenvalue weighted by Crippen LogP contribution is 2.29. The zero-order valence-electron chi connectivity index (χ0n) is 14.4. The summed E-state index contributed by atoms with van der Waals surface area (Å²) >= 11 is 0. The molecule has 2 rings (SSSR count). The second-order valence-corrected chi connectivity index (χ2v) is 7.01. The first-order valence-electron chi connectivity index (χ1n) is 8.36. The molecule has 23 heavy (non-hydrogen) atoms. The number of hydrogen-bond acceptors (Lipinski definition) is 3. The van der Waals surface area contributed by atoms with Crippen LogP contribution in [0.2, 0.25) is 0 Å². The number of anilines is 2. The van der Waals surface area contributed by atoms with E-state index in [9.17, 15) is 9.59 Å². The summed E-state index contributed by atoms with van der Waals surface area (Å²) in [4.78, 5) is 24.3. The van der Waals surface area contributed by atoms with Crippen molar-refractivity contribution in [2.24, 2.45) is 11.8 Å². The number of fused-ring (bicyclic) bond motifs is 1. The van der Waals surface area contributed by atoms with Gasteiger partial charge in [0.05, 0.1) is 11.4 Å². The minimum Gasteiger partial charge on any atom is -0.372 e. The van der Waals surface area contributed by atoms with Gasteiger partial charge in [-0.05, 0) is 42.9 Å². The Morgan fingerprint density at radius 1 is 1.17 bits per heavy atom. The Bertz CT molecular complexity index is 582. The highest BCUT2D eigenvalue weighted by Gasteiger charge is 2.26. The molecule has 126 valence electrons. The molecular weight excluding hydrogens is 290 g/mol. The highest BCUT2D eigenvalue weighted by atomic mass is 16.2. The van der Waals surface area contributed by atoms with Crippen LogP contribution in [-0.4, -0.2) is 24.4 Å². The van der Waals surface area contributed by atoms with E-state index in [1.165, 1.54) is 0 Å². The van der Waals surface area contributed by atoms with Crippen molar-refractivity contribution in [2.45, 2.75) is 46.6 Å². The standard InChI is InChI=1S/C18H27N3O2/c1-11(2)7-8-19-17(22)13-5-6-14-15(10-13)21-18(23)16(20-14)9-12(3)4/h5-6,10-12,16,20H,7-9H2,1-4H3,(H,19,22)(H,21,23)/t16-/m0/s1. The van der Waals surface area contributed by atoms with Crippen LogP contribution in [0.3, 0.4) is 0 Å². The molecule has 0 aliphatic carbocycles. The molecule has 0 saturated carbocycles. The zero-order chi connectivity index (χ0) is 17.0. The molecule has 1 aliphatic rings. The van der Waals surface area contributed by atoms with Crippen LogP contribution in [0.5, 0.6) is 0 Å². The Balaban J connectivity index is 2.04. The maximum atomic E-state index is 12.2. The Kier molecular flexibility index (Phi) is 5.64. The first-order valence-corrected chi connectivity index (χ1v) is 8.36. The third-order valence-corrected chi connectivity index (χ3v) is 3.90. The van der Waals surface area contributed by atoms with Gasteiger partial charge in [0.1, 0.15) is 6.04 Å². The number of hydrogen-bond donors (Lipinski definition) is 3. The van der Waals surface area contributed by atoms with E-state index in [-0.39, 0.29) is 17.9 Å². The monoisotopic (exact) mass is 317 g/mol. The van der Waals surface area contributed by atoms with E-state index in [1.54, 1.807) is 12.1 Å². The second kappa shape index (κ2) is 7.49. The molecule has 1 aliphatic heterocycles. The number of carbonyl (C=O) groups is 2. The maximum absolute atomic E-state index is 12.2. The summed E-state index contributed by atoms with van der Waals surface area (Å²) in [5.74, 6) is 0.849. The van der Waals surface area contributed by atoms with Crippen molar-refractivity contribution < 1.29 is 9.59 Å². The smallest absolute Gasteiger partial charge is 0.251 e.